The van der Waals surface area contributed by atoms with Crippen molar-refractivity contribution in [3.8, 4) is 0 Å². The average molecular weight is 313 g/mol. The summed E-state index contributed by atoms with van der Waals surface area (Å²) < 4.78 is 0. The van der Waals surface area contributed by atoms with E-state index in [4.69, 9.17) is 0 Å². The van der Waals surface area contributed by atoms with E-state index >= 15 is 0 Å². The van der Waals surface area contributed by atoms with E-state index in [2.05, 4.69) is 9.97 Å². The maximum Gasteiger partial charge on any atom is 0.261 e. The monoisotopic (exact) mass is 313 g/mol. The maximum absolute atomic E-state index is 12.2. The minimum atomic E-state index is -0.212. The summed E-state index contributed by atoms with van der Waals surface area (Å²) in [5.41, 5.74) is 1.90. The Hall–Kier alpha value is -2.21. The van der Waals surface area contributed by atoms with E-state index in [0.717, 1.165) is 16.5 Å². The number of hydrogen-bond donors (Lipinski definition) is 0. The minimum Gasteiger partial charge on any atom is -0.273 e. The van der Waals surface area contributed by atoms with Gasteiger partial charge in [-0.25, -0.2) is 9.97 Å². The molecule has 0 bridgehead atoms. The molecule has 1 aromatic carbocycles. The number of amides is 2. The van der Waals surface area contributed by atoms with Crippen molar-refractivity contribution < 1.29 is 9.59 Å². The van der Waals surface area contributed by atoms with Gasteiger partial charge in [-0.1, -0.05) is 12.1 Å². The van der Waals surface area contributed by atoms with E-state index in [-0.39, 0.29) is 11.8 Å². The zero-order chi connectivity index (χ0) is 15.7. The van der Waals surface area contributed by atoms with Crippen LogP contribution in [0.2, 0.25) is 0 Å². The fourth-order valence-corrected chi connectivity index (χ4v) is 3.37. The van der Waals surface area contributed by atoms with Gasteiger partial charge in [-0.15, -0.1) is 11.8 Å². The summed E-state index contributed by atoms with van der Waals surface area (Å²) in [4.78, 5) is 34.3. The van der Waals surface area contributed by atoms with Crippen LogP contribution in [0.5, 0.6) is 0 Å². The highest BCUT2D eigenvalue weighted by molar-refractivity contribution is 7.99. The van der Waals surface area contributed by atoms with Crippen molar-refractivity contribution in [3.05, 3.63) is 53.0 Å². The summed E-state index contributed by atoms with van der Waals surface area (Å²) in [7, 11) is 0. The van der Waals surface area contributed by atoms with Crippen molar-refractivity contribution in [1.29, 1.82) is 0 Å². The van der Waals surface area contributed by atoms with Crippen LogP contribution in [-0.2, 0) is 0 Å². The Bertz CT molecular complexity index is 706. The van der Waals surface area contributed by atoms with Gasteiger partial charge in [-0.05, 0) is 32.0 Å². The van der Waals surface area contributed by atoms with Crippen molar-refractivity contribution in [3.63, 3.8) is 0 Å². The second-order valence-electron chi connectivity index (χ2n) is 5.05. The van der Waals surface area contributed by atoms with Crippen molar-refractivity contribution in [2.45, 2.75) is 18.9 Å². The first-order valence-electron chi connectivity index (χ1n) is 6.96. The Kier molecular flexibility index (Phi) is 3.94. The zero-order valence-electron chi connectivity index (χ0n) is 12.4. The Labute approximate surface area is 132 Å². The van der Waals surface area contributed by atoms with Gasteiger partial charge in [-0.3, -0.25) is 14.5 Å². The minimum absolute atomic E-state index is 0.212. The lowest BCUT2D eigenvalue weighted by molar-refractivity contribution is 0.0664. The first-order chi connectivity index (χ1) is 10.6. The van der Waals surface area contributed by atoms with Gasteiger partial charge < -0.3 is 0 Å². The van der Waals surface area contributed by atoms with Gasteiger partial charge in [0.05, 0.1) is 11.1 Å². The quantitative estimate of drug-likeness (QED) is 0.493. The highest BCUT2D eigenvalue weighted by Crippen LogP contribution is 2.23. The second kappa shape index (κ2) is 5.88. The molecule has 1 aliphatic rings. The number of carbonyl (C=O) groups is 2. The van der Waals surface area contributed by atoms with Crippen molar-refractivity contribution >= 4 is 23.6 Å². The summed E-state index contributed by atoms with van der Waals surface area (Å²) >= 11 is 1.52. The summed E-state index contributed by atoms with van der Waals surface area (Å²) in [5, 5.41) is 0.863. The highest BCUT2D eigenvalue weighted by Gasteiger charge is 2.34. The van der Waals surface area contributed by atoms with Crippen molar-refractivity contribution in [2.75, 3.05) is 12.3 Å². The summed E-state index contributed by atoms with van der Waals surface area (Å²) in [6, 6.07) is 8.84. The molecule has 6 heteroatoms. The molecule has 5 nitrogen and oxygen atoms in total. The molecule has 0 radical (unpaired) electrons. The van der Waals surface area contributed by atoms with E-state index in [1.165, 1.54) is 16.7 Å². The molecule has 0 N–H and O–H groups in total. The summed E-state index contributed by atoms with van der Waals surface area (Å²) in [6.45, 7) is 4.14. The summed E-state index contributed by atoms with van der Waals surface area (Å²) in [6.07, 6.45) is 0. The number of aryl methyl sites for hydroxylation is 2. The Morgan fingerprint density at radius 2 is 1.68 bits per heavy atom. The van der Waals surface area contributed by atoms with Crippen LogP contribution in [0.1, 0.15) is 32.2 Å². The van der Waals surface area contributed by atoms with Crippen LogP contribution in [0.25, 0.3) is 0 Å². The van der Waals surface area contributed by atoms with Crippen molar-refractivity contribution in [2.24, 2.45) is 0 Å². The number of aromatic nitrogens is 2. The molecule has 22 heavy (non-hydrogen) atoms. The Balaban J connectivity index is 1.66. The second-order valence-corrected chi connectivity index (χ2v) is 6.17. The number of fused-ring (bicyclic) bond motifs is 1. The van der Waals surface area contributed by atoms with Crippen LogP contribution >= 0.6 is 11.8 Å². The number of nitrogens with zero attached hydrogens (tertiary/aromatic N) is 3. The largest absolute Gasteiger partial charge is 0.273 e. The predicted molar refractivity (Wildman–Crippen MR) is 84.0 cm³/mol. The Morgan fingerprint density at radius 1 is 1.05 bits per heavy atom. The van der Waals surface area contributed by atoms with Gasteiger partial charge in [0.2, 0.25) is 0 Å². The molecule has 112 valence electrons. The van der Waals surface area contributed by atoms with Crippen LogP contribution in [0.3, 0.4) is 0 Å². The molecule has 3 rings (SSSR count). The highest BCUT2D eigenvalue weighted by atomic mass is 32.2. The number of benzene rings is 1. The maximum atomic E-state index is 12.2. The molecular formula is C16H15N3O2S. The fraction of sp³-hybridized carbons (Fsp3) is 0.250. The molecule has 0 fully saturated rings. The molecule has 1 aromatic heterocycles. The molecule has 2 heterocycles. The lowest BCUT2D eigenvalue weighted by Gasteiger charge is -2.13. The molecule has 0 aliphatic carbocycles. The number of carbonyl (C=O) groups excluding carboxylic acids is 2. The molecule has 0 saturated carbocycles. The third-order valence-electron chi connectivity index (χ3n) is 3.39. The smallest absolute Gasteiger partial charge is 0.261 e. The fourth-order valence-electron chi connectivity index (χ4n) is 2.44. The lowest BCUT2D eigenvalue weighted by atomic mass is 10.1. The zero-order valence-corrected chi connectivity index (χ0v) is 13.2. The number of hydrogen-bond acceptors (Lipinski definition) is 5. The summed E-state index contributed by atoms with van der Waals surface area (Å²) in [5.74, 6) is 0.914. The van der Waals surface area contributed by atoms with Crippen molar-refractivity contribution in [1.82, 2.24) is 14.9 Å². The molecule has 1 aliphatic heterocycles. The van der Waals surface area contributed by atoms with E-state index in [0.29, 0.717) is 23.4 Å². The van der Waals surface area contributed by atoms with E-state index < -0.39 is 0 Å². The van der Waals surface area contributed by atoms with E-state index in [1.54, 1.807) is 24.3 Å². The van der Waals surface area contributed by atoms with Crippen LogP contribution in [0, 0.1) is 13.8 Å². The molecule has 0 spiro atoms. The molecule has 0 atom stereocenters. The normalized spacial score (nSPS) is 13.6. The predicted octanol–water partition coefficient (Wildman–Crippen LogP) is 2.48. The lowest BCUT2D eigenvalue weighted by Crippen LogP contribution is -2.31. The first kappa shape index (κ1) is 14.7. The molecular weight excluding hydrogens is 298 g/mol. The molecule has 0 unspecified atom stereocenters. The first-order valence-corrected chi connectivity index (χ1v) is 7.95. The molecule has 0 saturated heterocycles. The van der Waals surface area contributed by atoms with Crippen LogP contribution in [0.4, 0.5) is 0 Å². The number of imide groups is 1. The third-order valence-corrected chi connectivity index (χ3v) is 4.28. The van der Waals surface area contributed by atoms with Crippen LogP contribution < -0.4 is 0 Å². The van der Waals surface area contributed by atoms with E-state index in [1.807, 2.05) is 19.9 Å². The van der Waals surface area contributed by atoms with Gasteiger partial charge in [0.25, 0.3) is 11.8 Å². The van der Waals surface area contributed by atoms with Gasteiger partial charge in [0.1, 0.15) is 10.9 Å². The van der Waals surface area contributed by atoms with Gasteiger partial charge in [0.15, 0.2) is 0 Å². The SMILES string of the molecule is Cc1cc(SCCN2C(=O)c3ccccc3C2=O)nc(C)n1. The van der Waals surface area contributed by atoms with Crippen LogP contribution in [0.15, 0.2) is 35.4 Å². The van der Waals surface area contributed by atoms with E-state index in [9.17, 15) is 9.59 Å². The van der Waals surface area contributed by atoms with Gasteiger partial charge in [-0.2, -0.15) is 0 Å². The number of thioether (sulfide) groups is 1. The van der Waals surface area contributed by atoms with Gasteiger partial charge in [0, 0.05) is 18.0 Å². The average Bonchev–Trinajstić information content (AvgIpc) is 2.72. The third kappa shape index (κ3) is 2.74. The Morgan fingerprint density at radius 3 is 2.27 bits per heavy atom. The van der Waals surface area contributed by atoms with Gasteiger partial charge >= 0.3 is 0 Å². The molecule has 2 aromatic rings. The molecule has 2 amide bonds. The standard InChI is InChI=1S/C16H15N3O2S/c1-10-9-14(18-11(2)17-10)22-8-7-19-15(20)12-5-3-4-6-13(12)16(19)21/h3-6,9H,7-8H2,1-2H3. The topological polar surface area (TPSA) is 63.2 Å². The van der Waals surface area contributed by atoms with Crippen LogP contribution in [-0.4, -0.2) is 39.0 Å². The number of rotatable bonds is 4.